The normalized spacial score (nSPS) is 23.2. The molecule has 0 bridgehead atoms. The summed E-state index contributed by atoms with van der Waals surface area (Å²) in [6.45, 7) is 3.95. The fourth-order valence-corrected chi connectivity index (χ4v) is 6.00. The fourth-order valence-electron chi connectivity index (χ4n) is 4.15. The van der Waals surface area contributed by atoms with Crippen molar-refractivity contribution >= 4 is 15.7 Å². The minimum Gasteiger partial charge on any atom is -0.352 e. The van der Waals surface area contributed by atoms with E-state index in [2.05, 4.69) is 29.3 Å². The predicted molar refractivity (Wildman–Crippen MR) is 104 cm³/mol. The number of hydrogen-bond acceptors (Lipinski definition) is 4. The maximum Gasteiger partial charge on any atom is 0.221 e. The van der Waals surface area contributed by atoms with Crippen LogP contribution in [0.3, 0.4) is 0 Å². The summed E-state index contributed by atoms with van der Waals surface area (Å²) in [5.74, 6) is -0.147. The van der Waals surface area contributed by atoms with Gasteiger partial charge in [0.1, 0.15) is 0 Å². The van der Waals surface area contributed by atoms with E-state index in [4.69, 9.17) is 0 Å². The SMILES string of the molecule is C[C@H](c1ccccc1)N1CC[C@@H](NC(=O)CCS(=O)(=O)C2CCCC2)C1. The average molecular weight is 379 g/mol. The molecule has 1 aromatic rings. The molecule has 0 radical (unpaired) electrons. The van der Waals surface area contributed by atoms with Gasteiger partial charge in [-0.05, 0) is 31.7 Å². The van der Waals surface area contributed by atoms with Crippen LogP contribution in [0.2, 0.25) is 0 Å². The van der Waals surface area contributed by atoms with Crippen LogP contribution in [-0.2, 0) is 14.6 Å². The van der Waals surface area contributed by atoms with Gasteiger partial charge >= 0.3 is 0 Å². The van der Waals surface area contributed by atoms with Crippen LogP contribution < -0.4 is 5.32 Å². The second kappa shape index (κ2) is 8.53. The highest BCUT2D eigenvalue weighted by Crippen LogP contribution is 2.26. The second-order valence-corrected chi connectivity index (χ2v) is 10.1. The van der Waals surface area contributed by atoms with E-state index in [0.717, 1.165) is 45.2 Å². The summed E-state index contributed by atoms with van der Waals surface area (Å²) in [7, 11) is -3.12. The van der Waals surface area contributed by atoms with Crippen molar-refractivity contribution < 1.29 is 13.2 Å². The van der Waals surface area contributed by atoms with Crippen molar-refractivity contribution in [1.82, 2.24) is 10.2 Å². The number of carbonyl (C=O) groups is 1. The van der Waals surface area contributed by atoms with E-state index in [0.29, 0.717) is 6.04 Å². The summed E-state index contributed by atoms with van der Waals surface area (Å²) in [6, 6.07) is 10.8. The summed E-state index contributed by atoms with van der Waals surface area (Å²) >= 11 is 0. The van der Waals surface area contributed by atoms with E-state index < -0.39 is 9.84 Å². The van der Waals surface area contributed by atoms with E-state index in [-0.39, 0.29) is 29.4 Å². The highest BCUT2D eigenvalue weighted by molar-refractivity contribution is 7.92. The number of hydrogen-bond donors (Lipinski definition) is 1. The molecule has 0 unspecified atom stereocenters. The van der Waals surface area contributed by atoms with Crippen LogP contribution in [0.15, 0.2) is 30.3 Å². The van der Waals surface area contributed by atoms with Gasteiger partial charge in [0.25, 0.3) is 0 Å². The molecular formula is C20H30N2O3S. The van der Waals surface area contributed by atoms with Crippen LogP contribution in [0.25, 0.3) is 0 Å². The Kier molecular flexibility index (Phi) is 6.35. The quantitative estimate of drug-likeness (QED) is 0.792. The lowest BCUT2D eigenvalue weighted by atomic mass is 10.1. The molecule has 1 amide bonds. The monoisotopic (exact) mass is 378 g/mol. The lowest BCUT2D eigenvalue weighted by Gasteiger charge is -2.24. The highest BCUT2D eigenvalue weighted by atomic mass is 32.2. The van der Waals surface area contributed by atoms with Gasteiger partial charge in [0.05, 0.1) is 11.0 Å². The van der Waals surface area contributed by atoms with Crippen molar-refractivity contribution in [1.29, 1.82) is 0 Å². The van der Waals surface area contributed by atoms with E-state index in [1.54, 1.807) is 0 Å². The molecule has 1 aromatic carbocycles. The van der Waals surface area contributed by atoms with Gasteiger partial charge in [-0.3, -0.25) is 9.69 Å². The molecule has 1 aliphatic heterocycles. The van der Waals surface area contributed by atoms with Crippen LogP contribution in [-0.4, -0.2) is 49.4 Å². The second-order valence-electron chi connectivity index (χ2n) is 7.66. The lowest BCUT2D eigenvalue weighted by Crippen LogP contribution is -2.38. The van der Waals surface area contributed by atoms with Gasteiger partial charge in [0.2, 0.25) is 5.91 Å². The smallest absolute Gasteiger partial charge is 0.221 e. The zero-order valence-corrected chi connectivity index (χ0v) is 16.4. The summed E-state index contributed by atoms with van der Waals surface area (Å²) < 4.78 is 24.6. The first-order valence-corrected chi connectivity index (χ1v) is 11.5. The molecule has 1 saturated heterocycles. The Balaban J connectivity index is 1.44. The van der Waals surface area contributed by atoms with Crippen LogP contribution >= 0.6 is 0 Å². The topological polar surface area (TPSA) is 66.5 Å². The van der Waals surface area contributed by atoms with Gasteiger partial charge in [0, 0.05) is 31.6 Å². The molecule has 26 heavy (non-hydrogen) atoms. The van der Waals surface area contributed by atoms with Gasteiger partial charge < -0.3 is 5.32 Å². The Morgan fingerprint density at radius 1 is 1.19 bits per heavy atom. The molecule has 6 heteroatoms. The largest absolute Gasteiger partial charge is 0.352 e. The average Bonchev–Trinajstić information content (AvgIpc) is 3.33. The van der Waals surface area contributed by atoms with Crippen molar-refractivity contribution in [2.75, 3.05) is 18.8 Å². The molecular weight excluding hydrogens is 348 g/mol. The molecule has 1 aliphatic carbocycles. The number of sulfone groups is 1. The van der Waals surface area contributed by atoms with Crippen LogP contribution in [0.1, 0.15) is 57.1 Å². The van der Waals surface area contributed by atoms with Crippen LogP contribution in [0.5, 0.6) is 0 Å². The van der Waals surface area contributed by atoms with E-state index >= 15 is 0 Å². The molecule has 0 aromatic heterocycles. The van der Waals surface area contributed by atoms with Crippen molar-refractivity contribution in [3.8, 4) is 0 Å². The molecule has 2 aliphatic rings. The molecule has 1 heterocycles. The minimum absolute atomic E-state index is 0.0135. The predicted octanol–water partition coefficient (Wildman–Crippen LogP) is 2.69. The third-order valence-corrected chi connectivity index (χ3v) is 8.10. The lowest BCUT2D eigenvalue weighted by molar-refractivity contribution is -0.121. The summed E-state index contributed by atoms with van der Waals surface area (Å²) in [4.78, 5) is 14.6. The molecule has 5 nitrogen and oxygen atoms in total. The van der Waals surface area contributed by atoms with Gasteiger partial charge in [-0.1, -0.05) is 43.2 Å². The number of benzene rings is 1. The molecule has 2 fully saturated rings. The Morgan fingerprint density at radius 3 is 2.58 bits per heavy atom. The number of nitrogens with one attached hydrogen (secondary N) is 1. The molecule has 1 saturated carbocycles. The minimum atomic E-state index is -3.12. The van der Waals surface area contributed by atoms with Crippen LogP contribution in [0, 0.1) is 0 Å². The van der Waals surface area contributed by atoms with Gasteiger partial charge in [-0.15, -0.1) is 0 Å². The molecule has 2 atom stereocenters. The van der Waals surface area contributed by atoms with Crippen molar-refractivity contribution in [3.63, 3.8) is 0 Å². The number of amides is 1. The molecule has 3 rings (SSSR count). The summed E-state index contributed by atoms with van der Waals surface area (Å²) in [5, 5.41) is 2.81. The van der Waals surface area contributed by atoms with E-state index in [9.17, 15) is 13.2 Å². The Hall–Kier alpha value is -1.40. The van der Waals surface area contributed by atoms with E-state index in [1.807, 2.05) is 18.2 Å². The summed E-state index contributed by atoms with van der Waals surface area (Å²) in [6.07, 6.45) is 4.51. The molecule has 144 valence electrons. The third kappa shape index (κ3) is 4.86. The first-order valence-electron chi connectivity index (χ1n) is 9.75. The van der Waals surface area contributed by atoms with E-state index in [1.165, 1.54) is 5.56 Å². The number of carbonyl (C=O) groups excluding carboxylic acids is 1. The first kappa shape index (κ1) is 19.4. The standard InChI is InChI=1S/C20H30N2O3S/c1-16(17-7-3-2-4-8-17)22-13-11-18(15-22)21-20(23)12-14-26(24,25)19-9-5-6-10-19/h2-4,7-8,16,18-19H,5-6,9-15H2,1H3,(H,21,23)/t16-,18-/m1/s1. The first-order chi connectivity index (χ1) is 12.5. The van der Waals surface area contributed by atoms with Crippen LogP contribution in [0.4, 0.5) is 0 Å². The van der Waals surface area contributed by atoms with Crippen molar-refractivity contribution in [2.45, 2.75) is 62.8 Å². The molecule has 0 spiro atoms. The zero-order valence-electron chi connectivity index (χ0n) is 15.6. The van der Waals surface area contributed by atoms with Gasteiger partial charge in [-0.2, -0.15) is 0 Å². The highest BCUT2D eigenvalue weighted by Gasteiger charge is 2.30. The maximum atomic E-state index is 12.3. The third-order valence-electron chi connectivity index (χ3n) is 5.84. The maximum absolute atomic E-state index is 12.3. The van der Waals surface area contributed by atoms with Crippen molar-refractivity contribution in [3.05, 3.63) is 35.9 Å². The van der Waals surface area contributed by atoms with Gasteiger partial charge in [0.15, 0.2) is 9.84 Å². The Morgan fingerprint density at radius 2 is 1.88 bits per heavy atom. The summed E-state index contributed by atoms with van der Waals surface area (Å²) in [5.41, 5.74) is 1.28. The number of rotatable bonds is 7. The Labute approximate surface area is 157 Å². The number of likely N-dealkylation sites (tertiary alicyclic amines) is 1. The Bertz CT molecular complexity index is 699. The van der Waals surface area contributed by atoms with Gasteiger partial charge in [-0.25, -0.2) is 8.42 Å². The molecule has 1 N–H and O–H groups in total. The number of nitrogens with zero attached hydrogens (tertiary/aromatic N) is 1. The van der Waals surface area contributed by atoms with Crippen molar-refractivity contribution in [2.24, 2.45) is 0 Å². The fraction of sp³-hybridized carbons (Fsp3) is 0.650. The zero-order chi connectivity index (χ0) is 18.6.